The van der Waals surface area contributed by atoms with Gasteiger partial charge in [-0.1, -0.05) is 6.07 Å². The van der Waals surface area contributed by atoms with E-state index in [0.29, 0.717) is 11.6 Å². The Balaban J connectivity index is 2.14. The Morgan fingerprint density at radius 3 is 2.62 bits per heavy atom. The summed E-state index contributed by atoms with van der Waals surface area (Å²) >= 11 is 0. The summed E-state index contributed by atoms with van der Waals surface area (Å²) in [6.45, 7) is 0. The average molecular weight is 217 g/mol. The van der Waals surface area contributed by atoms with Gasteiger partial charge in [-0.2, -0.15) is 0 Å². The molecule has 0 aliphatic carbocycles. The molecule has 2 aromatic heterocycles. The lowest BCUT2D eigenvalue weighted by Gasteiger charge is -2.01. The first-order valence-electron chi connectivity index (χ1n) is 4.45. The van der Waals surface area contributed by atoms with Crippen LogP contribution in [0.15, 0.2) is 42.7 Å². The van der Waals surface area contributed by atoms with Gasteiger partial charge >= 0.3 is 5.82 Å². The summed E-state index contributed by atoms with van der Waals surface area (Å²) in [5, 5.41) is 10.4. The van der Waals surface area contributed by atoms with Crippen LogP contribution >= 0.6 is 0 Å². The largest absolute Gasteiger partial charge is 0.435 e. The van der Waals surface area contributed by atoms with Gasteiger partial charge in [-0.25, -0.2) is 4.98 Å². The SMILES string of the molecule is O=[N+]([O-])c1ccc(Oc2ccccn2)cn1. The van der Waals surface area contributed by atoms with Crippen molar-refractivity contribution in [1.82, 2.24) is 9.97 Å². The van der Waals surface area contributed by atoms with E-state index in [0.717, 1.165) is 0 Å². The number of ether oxygens (including phenoxy) is 1. The normalized spacial score (nSPS) is 9.75. The lowest BCUT2D eigenvalue weighted by Crippen LogP contribution is -1.92. The number of nitrogens with zero attached hydrogens (tertiary/aromatic N) is 3. The molecule has 16 heavy (non-hydrogen) atoms. The third-order valence-electron chi connectivity index (χ3n) is 1.77. The lowest BCUT2D eigenvalue weighted by molar-refractivity contribution is -0.389. The molecular formula is C10H7N3O3. The summed E-state index contributed by atoms with van der Waals surface area (Å²) in [7, 11) is 0. The van der Waals surface area contributed by atoms with Crippen LogP contribution in [0.4, 0.5) is 5.82 Å². The number of hydrogen-bond donors (Lipinski definition) is 0. The molecule has 0 bridgehead atoms. The highest BCUT2D eigenvalue weighted by Crippen LogP contribution is 2.19. The molecule has 0 aliphatic rings. The molecule has 0 spiro atoms. The fraction of sp³-hybridized carbons (Fsp3) is 0. The molecular weight excluding hydrogens is 210 g/mol. The third-order valence-corrected chi connectivity index (χ3v) is 1.77. The fourth-order valence-corrected chi connectivity index (χ4v) is 1.07. The molecule has 0 unspecified atom stereocenters. The van der Waals surface area contributed by atoms with Crippen molar-refractivity contribution < 1.29 is 9.66 Å². The van der Waals surface area contributed by atoms with Gasteiger partial charge in [0.05, 0.1) is 0 Å². The number of aromatic nitrogens is 2. The minimum absolute atomic E-state index is 0.214. The first kappa shape index (κ1) is 10.0. The van der Waals surface area contributed by atoms with Crippen molar-refractivity contribution in [2.45, 2.75) is 0 Å². The van der Waals surface area contributed by atoms with E-state index in [1.165, 1.54) is 18.3 Å². The van der Waals surface area contributed by atoms with E-state index in [-0.39, 0.29) is 5.82 Å². The third kappa shape index (κ3) is 2.30. The van der Waals surface area contributed by atoms with Crippen LogP contribution in [-0.2, 0) is 0 Å². The fourth-order valence-electron chi connectivity index (χ4n) is 1.07. The summed E-state index contributed by atoms with van der Waals surface area (Å²) in [5.41, 5.74) is 0. The molecule has 0 atom stereocenters. The van der Waals surface area contributed by atoms with E-state index in [2.05, 4.69) is 9.97 Å². The van der Waals surface area contributed by atoms with E-state index in [1.54, 1.807) is 24.4 Å². The van der Waals surface area contributed by atoms with Gasteiger partial charge < -0.3 is 14.9 Å². The van der Waals surface area contributed by atoms with Crippen molar-refractivity contribution >= 4 is 5.82 Å². The van der Waals surface area contributed by atoms with Gasteiger partial charge in [0.25, 0.3) is 0 Å². The standard InChI is InChI=1S/C10H7N3O3/c14-13(15)9-5-4-8(7-12-9)16-10-3-1-2-6-11-10/h1-7H. The highest BCUT2D eigenvalue weighted by molar-refractivity contribution is 5.29. The monoisotopic (exact) mass is 217 g/mol. The number of hydrogen-bond acceptors (Lipinski definition) is 5. The van der Waals surface area contributed by atoms with E-state index >= 15 is 0 Å². The van der Waals surface area contributed by atoms with Crippen molar-refractivity contribution in [3.8, 4) is 11.6 Å². The van der Waals surface area contributed by atoms with Gasteiger partial charge in [0.2, 0.25) is 5.88 Å². The number of nitro groups is 1. The summed E-state index contributed by atoms with van der Waals surface area (Å²) in [5.74, 6) is 0.607. The summed E-state index contributed by atoms with van der Waals surface area (Å²) in [6, 6.07) is 7.97. The predicted octanol–water partition coefficient (Wildman–Crippen LogP) is 2.18. The Hall–Kier alpha value is -2.50. The quantitative estimate of drug-likeness (QED) is 0.581. The second-order valence-electron chi connectivity index (χ2n) is 2.88. The van der Waals surface area contributed by atoms with Crippen LogP contribution in [0.1, 0.15) is 0 Å². The first-order chi connectivity index (χ1) is 7.75. The van der Waals surface area contributed by atoms with Crippen molar-refractivity contribution in [2.24, 2.45) is 0 Å². The second kappa shape index (κ2) is 4.35. The van der Waals surface area contributed by atoms with Crippen LogP contribution in [-0.4, -0.2) is 14.9 Å². The molecule has 0 aliphatic heterocycles. The molecule has 2 rings (SSSR count). The molecule has 6 heteroatoms. The molecule has 6 nitrogen and oxygen atoms in total. The van der Waals surface area contributed by atoms with Crippen LogP contribution in [0.3, 0.4) is 0 Å². The highest BCUT2D eigenvalue weighted by atomic mass is 16.6. The van der Waals surface area contributed by atoms with Crippen LogP contribution in [0.2, 0.25) is 0 Å². The highest BCUT2D eigenvalue weighted by Gasteiger charge is 2.07. The molecule has 0 radical (unpaired) electrons. The predicted molar refractivity (Wildman–Crippen MR) is 55.2 cm³/mol. The van der Waals surface area contributed by atoms with Crippen molar-refractivity contribution in [3.05, 3.63) is 52.8 Å². The van der Waals surface area contributed by atoms with Gasteiger partial charge in [-0.15, -0.1) is 0 Å². The van der Waals surface area contributed by atoms with E-state index in [4.69, 9.17) is 4.74 Å². The molecule has 0 N–H and O–H groups in total. The van der Waals surface area contributed by atoms with Crippen LogP contribution in [0, 0.1) is 10.1 Å². The van der Waals surface area contributed by atoms with Gasteiger partial charge in [0.15, 0.2) is 11.9 Å². The summed E-state index contributed by atoms with van der Waals surface area (Å²) < 4.78 is 5.32. The molecule has 0 aromatic carbocycles. The van der Waals surface area contributed by atoms with Crippen LogP contribution in [0.25, 0.3) is 0 Å². The van der Waals surface area contributed by atoms with E-state index < -0.39 is 4.92 Å². The maximum atomic E-state index is 10.4. The van der Waals surface area contributed by atoms with Crippen LogP contribution < -0.4 is 4.74 Å². The Morgan fingerprint density at radius 1 is 1.19 bits per heavy atom. The Morgan fingerprint density at radius 2 is 2.06 bits per heavy atom. The summed E-state index contributed by atoms with van der Waals surface area (Å²) in [4.78, 5) is 17.4. The lowest BCUT2D eigenvalue weighted by atomic mass is 10.4. The Labute approximate surface area is 90.7 Å². The molecule has 0 saturated heterocycles. The van der Waals surface area contributed by atoms with Gasteiger partial charge in [0, 0.05) is 18.3 Å². The second-order valence-corrected chi connectivity index (χ2v) is 2.88. The zero-order valence-corrected chi connectivity index (χ0v) is 8.11. The summed E-state index contributed by atoms with van der Waals surface area (Å²) in [6.07, 6.45) is 2.88. The minimum Gasteiger partial charge on any atom is -0.435 e. The van der Waals surface area contributed by atoms with Gasteiger partial charge in [-0.3, -0.25) is 0 Å². The molecule has 2 heterocycles. The van der Waals surface area contributed by atoms with Gasteiger partial charge in [0.1, 0.15) is 0 Å². The van der Waals surface area contributed by atoms with E-state index in [9.17, 15) is 10.1 Å². The minimum atomic E-state index is -0.565. The number of pyridine rings is 2. The smallest absolute Gasteiger partial charge is 0.363 e. The topological polar surface area (TPSA) is 78.2 Å². The van der Waals surface area contributed by atoms with Crippen molar-refractivity contribution in [3.63, 3.8) is 0 Å². The van der Waals surface area contributed by atoms with Crippen molar-refractivity contribution in [1.29, 1.82) is 0 Å². The van der Waals surface area contributed by atoms with Gasteiger partial charge in [-0.05, 0) is 22.0 Å². The first-order valence-corrected chi connectivity index (χ1v) is 4.45. The molecule has 80 valence electrons. The maximum Gasteiger partial charge on any atom is 0.363 e. The average Bonchev–Trinajstić information content (AvgIpc) is 2.31. The van der Waals surface area contributed by atoms with Crippen LogP contribution in [0.5, 0.6) is 11.6 Å². The van der Waals surface area contributed by atoms with E-state index in [1.807, 2.05) is 0 Å². The Bertz CT molecular complexity index is 484. The molecule has 0 saturated carbocycles. The number of rotatable bonds is 3. The molecule has 0 fully saturated rings. The maximum absolute atomic E-state index is 10.4. The molecule has 0 amide bonds. The zero-order valence-electron chi connectivity index (χ0n) is 8.11. The Kier molecular flexibility index (Phi) is 2.73. The van der Waals surface area contributed by atoms with Crippen molar-refractivity contribution in [2.75, 3.05) is 0 Å². The zero-order chi connectivity index (χ0) is 11.4. The molecule has 2 aromatic rings.